The van der Waals surface area contributed by atoms with Crippen molar-refractivity contribution in [2.24, 2.45) is 5.14 Å². The first kappa shape index (κ1) is 22.0. The van der Waals surface area contributed by atoms with Crippen LogP contribution in [0.3, 0.4) is 0 Å². The van der Waals surface area contributed by atoms with Crippen molar-refractivity contribution in [3.8, 4) is 0 Å². The summed E-state index contributed by atoms with van der Waals surface area (Å²) in [6.45, 7) is 4.77. The van der Waals surface area contributed by atoms with E-state index in [1.54, 1.807) is 12.3 Å². The molecule has 8 nitrogen and oxygen atoms in total. The standard InChI is InChI=1S/C21H28N4O4S/c1-3-12-25-19-9-8-17(30(22,27)28)14-18(19)24-20(25)10-11-21(26)23-15(2)6-7-16-5-4-13-29-16/h4-5,8-9,13-15H,3,6-7,10-12H2,1-2H3,(H,23,26)(H2,22,27,28). The van der Waals surface area contributed by atoms with Crippen LogP contribution in [-0.4, -0.2) is 29.9 Å². The normalized spacial score (nSPS) is 12.9. The number of nitrogens with one attached hydrogen (secondary N) is 1. The molecule has 0 aliphatic carbocycles. The molecule has 1 unspecified atom stereocenters. The van der Waals surface area contributed by atoms with Crippen molar-refractivity contribution in [2.75, 3.05) is 0 Å². The average Bonchev–Trinajstić information content (AvgIpc) is 3.32. The maximum atomic E-state index is 12.4. The third kappa shape index (κ3) is 5.48. The van der Waals surface area contributed by atoms with Gasteiger partial charge in [0, 0.05) is 31.8 Å². The van der Waals surface area contributed by atoms with E-state index in [0.29, 0.717) is 18.4 Å². The maximum absolute atomic E-state index is 12.4. The van der Waals surface area contributed by atoms with Gasteiger partial charge in [-0.3, -0.25) is 4.79 Å². The lowest BCUT2D eigenvalue weighted by molar-refractivity contribution is -0.121. The van der Waals surface area contributed by atoms with Gasteiger partial charge in [0.1, 0.15) is 11.6 Å². The van der Waals surface area contributed by atoms with Gasteiger partial charge in [-0.1, -0.05) is 6.92 Å². The lowest BCUT2D eigenvalue weighted by Crippen LogP contribution is -2.33. The number of furan rings is 1. The number of aryl methyl sites for hydroxylation is 3. The molecule has 9 heteroatoms. The molecule has 0 aliphatic rings. The van der Waals surface area contributed by atoms with E-state index < -0.39 is 10.0 Å². The minimum atomic E-state index is -3.79. The lowest BCUT2D eigenvalue weighted by Gasteiger charge is -2.13. The van der Waals surface area contributed by atoms with Crippen molar-refractivity contribution < 1.29 is 17.6 Å². The van der Waals surface area contributed by atoms with Gasteiger partial charge in [0.05, 0.1) is 22.2 Å². The number of nitrogens with zero attached hydrogens (tertiary/aromatic N) is 2. The van der Waals surface area contributed by atoms with Gasteiger partial charge < -0.3 is 14.3 Å². The Kier molecular flexibility index (Phi) is 6.94. The van der Waals surface area contributed by atoms with E-state index in [0.717, 1.165) is 42.9 Å². The van der Waals surface area contributed by atoms with Crippen LogP contribution in [0.2, 0.25) is 0 Å². The molecular formula is C21H28N4O4S. The number of carbonyl (C=O) groups is 1. The Morgan fingerprint density at radius 3 is 2.77 bits per heavy atom. The Morgan fingerprint density at radius 2 is 2.10 bits per heavy atom. The van der Waals surface area contributed by atoms with Crippen molar-refractivity contribution in [1.82, 2.24) is 14.9 Å². The first-order valence-corrected chi connectivity index (χ1v) is 11.7. The zero-order chi connectivity index (χ0) is 21.7. The Morgan fingerprint density at radius 1 is 1.30 bits per heavy atom. The molecule has 0 saturated heterocycles. The zero-order valence-corrected chi connectivity index (χ0v) is 18.1. The highest BCUT2D eigenvalue weighted by Crippen LogP contribution is 2.21. The molecule has 0 bridgehead atoms. The molecule has 0 spiro atoms. The van der Waals surface area contributed by atoms with E-state index in [4.69, 9.17) is 9.56 Å². The number of carbonyl (C=O) groups excluding carboxylic acids is 1. The summed E-state index contributed by atoms with van der Waals surface area (Å²) in [5.74, 6) is 1.63. The first-order valence-electron chi connectivity index (χ1n) is 10.1. The molecular weight excluding hydrogens is 404 g/mol. The SMILES string of the molecule is CCCn1c(CCC(=O)NC(C)CCc2ccco2)nc2cc(S(N)(=O)=O)ccc21. The Balaban J connectivity index is 1.65. The van der Waals surface area contributed by atoms with Gasteiger partial charge in [0.15, 0.2) is 0 Å². The van der Waals surface area contributed by atoms with Crippen molar-refractivity contribution in [2.45, 2.75) is 63.4 Å². The van der Waals surface area contributed by atoms with Crippen molar-refractivity contribution >= 4 is 27.0 Å². The number of primary sulfonamides is 1. The molecule has 1 amide bonds. The highest BCUT2D eigenvalue weighted by molar-refractivity contribution is 7.89. The van der Waals surface area contributed by atoms with Crippen molar-refractivity contribution in [1.29, 1.82) is 0 Å². The summed E-state index contributed by atoms with van der Waals surface area (Å²) < 4.78 is 30.6. The molecule has 30 heavy (non-hydrogen) atoms. The molecule has 0 fully saturated rings. The molecule has 3 rings (SSSR count). The number of benzene rings is 1. The summed E-state index contributed by atoms with van der Waals surface area (Å²) in [4.78, 5) is 17.0. The summed E-state index contributed by atoms with van der Waals surface area (Å²) >= 11 is 0. The number of aromatic nitrogens is 2. The van der Waals surface area contributed by atoms with E-state index in [-0.39, 0.29) is 16.8 Å². The fourth-order valence-electron chi connectivity index (χ4n) is 3.46. The molecule has 3 N–H and O–H groups in total. The number of hydrogen-bond donors (Lipinski definition) is 2. The number of rotatable bonds is 10. The predicted molar refractivity (Wildman–Crippen MR) is 114 cm³/mol. The van der Waals surface area contributed by atoms with Crippen molar-refractivity contribution in [3.05, 3.63) is 48.2 Å². The minimum absolute atomic E-state index is 0.0332. The quantitative estimate of drug-likeness (QED) is 0.510. The fraction of sp³-hybridized carbons (Fsp3) is 0.429. The van der Waals surface area contributed by atoms with E-state index in [1.165, 1.54) is 12.1 Å². The maximum Gasteiger partial charge on any atom is 0.238 e. The topological polar surface area (TPSA) is 120 Å². The van der Waals surface area contributed by atoms with Gasteiger partial charge in [0.25, 0.3) is 0 Å². The third-order valence-corrected chi connectivity index (χ3v) is 5.87. The van der Waals surface area contributed by atoms with Crippen LogP contribution in [0.4, 0.5) is 0 Å². The van der Waals surface area contributed by atoms with Gasteiger partial charge >= 0.3 is 0 Å². The number of nitrogens with two attached hydrogens (primary N) is 1. The van der Waals surface area contributed by atoms with Crippen LogP contribution < -0.4 is 10.5 Å². The summed E-state index contributed by atoms with van der Waals surface area (Å²) in [5, 5.41) is 8.24. The minimum Gasteiger partial charge on any atom is -0.469 e. The molecule has 2 aromatic heterocycles. The summed E-state index contributed by atoms with van der Waals surface area (Å²) in [6, 6.07) is 8.51. The summed E-state index contributed by atoms with van der Waals surface area (Å²) in [5.41, 5.74) is 1.41. The van der Waals surface area contributed by atoms with Crippen LogP contribution in [0.15, 0.2) is 45.9 Å². The molecule has 0 saturated carbocycles. The van der Waals surface area contributed by atoms with E-state index in [9.17, 15) is 13.2 Å². The van der Waals surface area contributed by atoms with Crippen LogP contribution in [0, 0.1) is 0 Å². The van der Waals surface area contributed by atoms with Gasteiger partial charge in [0.2, 0.25) is 15.9 Å². The van der Waals surface area contributed by atoms with Gasteiger partial charge in [-0.25, -0.2) is 18.5 Å². The Labute approximate surface area is 176 Å². The number of hydrogen-bond acceptors (Lipinski definition) is 5. The molecule has 0 aliphatic heterocycles. The third-order valence-electron chi connectivity index (χ3n) is 4.96. The fourth-order valence-corrected chi connectivity index (χ4v) is 3.99. The van der Waals surface area contributed by atoms with Crippen LogP contribution in [0.5, 0.6) is 0 Å². The highest BCUT2D eigenvalue weighted by atomic mass is 32.2. The smallest absolute Gasteiger partial charge is 0.238 e. The van der Waals surface area contributed by atoms with Gasteiger partial charge in [-0.15, -0.1) is 0 Å². The van der Waals surface area contributed by atoms with Crippen LogP contribution in [0.25, 0.3) is 11.0 Å². The van der Waals surface area contributed by atoms with E-state index in [1.807, 2.05) is 23.6 Å². The average molecular weight is 433 g/mol. The van der Waals surface area contributed by atoms with Gasteiger partial charge in [-0.2, -0.15) is 0 Å². The molecule has 1 aromatic carbocycles. The highest BCUT2D eigenvalue weighted by Gasteiger charge is 2.16. The second kappa shape index (κ2) is 9.44. The predicted octanol–water partition coefficient (Wildman–Crippen LogP) is 2.76. The zero-order valence-electron chi connectivity index (χ0n) is 17.3. The van der Waals surface area contributed by atoms with Crippen LogP contribution in [-0.2, 0) is 34.2 Å². The molecule has 0 radical (unpaired) electrons. The van der Waals surface area contributed by atoms with Crippen molar-refractivity contribution in [3.63, 3.8) is 0 Å². The summed E-state index contributed by atoms with van der Waals surface area (Å²) in [7, 11) is -3.79. The number of imidazole rings is 1. The summed E-state index contributed by atoms with van der Waals surface area (Å²) in [6.07, 6.45) is 4.88. The largest absolute Gasteiger partial charge is 0.469 e. The Hall–Kier alpha value is -2.65. The Bertz CT molecular complexity index is 1100. The van der Waals surface area contributed by atoms with Gasteiger partial charge in [-0.05, 0) is 50.1 Å². The van der Waals surface area contributed by atoms with Crippen LogP contribution >= 0.6 is 0 Å². The molecule has 2 heterocycles. The monoisotopic (exact) mass is 432 g/mol. The van der Waals surface area contributed by atoms with E-state index >= 15 is 0 Å². The second-order valence-electron chi connectivity index (χ2n) is 7.46. The number of amides is 1. The lowest BCUT2D eigenvalue weighted by atomic mass is 10.1. The number of fused-ring (bicyclic) bond motifs is 1. The number of sulfonamides is 1. The second-order valence-corrected chi connectivity index (χ2v) is 9.02. The first-order chi connectivity index (χ1) is 14.3. The van der Waals surface area contributed by atoms with Crippen LogP contribution in [0.1, 0.15) is 44.7 Å². The molecule has 3 aromatic rings. The molecule has 1 atom stereocenters. The van der Waals surface area contributed by atoms with E-state index in [2.05, 4.69) is 17.2 Å². The molecule has 162 valence electrons.